The normalized spacial score (nSPS) is 19.0. The molecule has 0 spiro atoms. The number of nitrogens with two attached hydrogens (primary N) is 1. The molecule has 4 N–H and O–H groups in total. The fraction of sp³-hybridized carbons (Fsp3) is 0.323. The van der Waals surface area contributed by atoms with Crippen LogP contribution in [0.1, 0.15) is 57.3 Å². The van der Waals surface area contributed by atoms with Gasteiger partial charge in [-0.3, -0.25) is 24.5 Å². The number of primary amides is 1. The first-order valence-electron chi connectivity index (χ1n) is 13.9. The topological polar surface area (TPSA) is 139 Å². The van der Waals surface area contributed by atoms with Gasteiger partial charge in [-0.2, -0.15) is 0 Å². The van der Waals surface area contributed by atoms with Crippen LogP contribution in [0, 0.1) is 0 Å². The number of allylic oxidation sites excluding steroid dienone is 2. The maximum absolute atomic E-state index is 13.7. The molecule has 0 bridgehead atoms. The number of carbonyl (C=O) groups excluding carboxylic acids is 4. The number of benzene rings is 2. The van der Waals surface area contributed by atoms with E-state index >= 15 is 0 Å². The van der Waals surface area contributed by atoms with Crippen molar-refractivity contribution in [3.63, 3.8) is 0 Å². The van der Waals surface area contributed by atoms with E-state index in [0.29, 0.717) is 42.2 Å². The zero-order valence-electron chi connectivity index (χ0n) is 22.8. The summed E-state index contributed by atoms with van der Waals surface area (Å²) in [6.45, 7) is 3.71. The molecule has 3 heterocycles. The van der Waals surface area contributed by atoms with Crippen LogP contribution in [-0.2, 0) is 29.0 Å². The number of hydrogen-bond donors (Lipinski definition) is 3. The van der Waals surface area contributed by atoms with Crippen LogP contribution in [0.15, 0.2) is 71.9 Å². The third kappa shape index (κ3) is 5.18. The maximum Gasteiger partial charge on any atom is 0.240 e. The molecule has 1 aromatic heterocycles. The maximum atomic E-state index is 13.7. The Hall–Kier alpha value is -4.57. The molecular weight excluding hydrogens is 520 g/mol. The van der Waals surface area contributed by atoms with Crippen LogP contribution in [-0.4, -0.2) is 63.0 Å². The van der Waals surface area contributed by atoms with Gasteiger partial charge in [0.05, 0.1) is 17.8 Å². The standard InChI is InChI=1S/C31H32N6O4/c1-18-25(36-14-15-36)28(39)24-26(27(18)38)37-13-12-21(30(37)35-24)33-23(17-20-10-6-3-7-11-20)31(41)34-22(29(32)40)16-19-8-4-2-5-9-19/h2-11,21-23,33H,12-17H2,1H3,(H2,32,40)(H,34,41)/t21?,22-,23-/m0/s1. The number of nitrogens with zero attached hydrogens (tertiary/aromatic N) is 3. The van der Waals surface area contributed by atoms with Crippen molar-refractivity contribution in [3.05, 3.63) is 100 Å². The summed E-state index contributed by atoms with van der Waals surface area (Å²) in [6.07, 6.45) is 1.23. The summed E-state index contributed by atoms with van der Waals surface area (Å²) in [4.78, 5) is 59.2. The number of imidazole rings is 1. The second-order valence-corrected chi connectivity index (χ2v) is 10.8. The molecule has 1 aliphatic carbocycles. The van der Waals surface area contributed by atoms with Crippen molar-refractivity contribution in [2.45, 2.75) is 50.9 Å². The SMILES string of the molecule is CC1=C(N2CC2)C(=O)c2nc3n(c2C1=O)CCC3N[C@@H](Cc1ccccc1)C(=O)N[C@@H](Cc1ccccc1)C(N)=O. The van der Waals surface area contributed by atoms with Crippen molar-refractivity contribution in [2.24, 2.45) is 5.73 Å². The zero-order chi connectivity index (χ0) is 28.7. The summed E-state index contributed by atoms with van der Waals surface area (Å²) >= 11 is 0. The first kappa shape index (κ1) is 26.6. The molecule has 10 heteroatoms. The van der Waals surface area contributed by atoms with Gasteiger partial charge in [-0.05, 0) is 30.9 Å². The lowest BCUT2D eigenvalue weighted by atomic mass is 9.95. The lowest BCUT2D eigenvalue weighted by Gasteiger charge is -2.24. The predicted octanol–water partition coefficient (Wildman–Crippen LogP) is 1.71. The highest BCUT2D eigenvalue weighted by atomic mass is 16.2. The van der Waals surface area contributed by atoms with Gasteiger partial charge in [-0.15, -0.1) is 0 Å². The van der Waals surface area contributed by atoms with E-state index in [1.54, 1.807) is 6.92 Å². The summed E-state index contributed by atoms with van der Waals surface area (Å²) in [5.41, 5.74) is 8.92. The number of ketones is 2. The molecule has 3 aliphatic rings. The first-order chi connectivity index (χ1) is 19.8. The average molecular weight is 553 g/mol. The number of amides is 2. The Kier molecular flexibility index (Phi) is 7.00. The van der Waals surface area contributed by atoms with Gasteiger partial charge in [-0.25, -0.2) is 4.98 Å². The van der Waals surface area contributed by atoms with Gasteiger partial charge in [0.15, 0.2) is 0 Å². The molecule has 0 saturated carbocycles. The molecule has 1 saturated heterocycles. The minimum atomic E-state index is -0.886. The molecule has 2 amide bonds. The zero-order valence-corrected chi connectivity index (χ0v) is 22.8. The lowest BCUT2D eigenvalue weighted by Crippen LogP contribution is -2.53. The van der Waals surface area contributed by atoms with Crippen molar-refractivity contribution < 1.29 is 19.2 Å². The molecule has 2 aromatic carbocycles. The second kappa shape index (κ2) is 10.8. The van der Waals surface area contributed by atoms with E-state index < -0.39 is 18.0 Å². The van der Waals surface area contributed by atoms with Gasteiger partial charge in [-0.1, -0.05) is 60.7 Å². The summed E-state index contributed by atoms with van der Waals surface area (Å²) in [7, 11) is 0. The number of nitrogens with one attached hydrogen (secondary N) is 2. The van der Waals surface area contributed by atoms with E-state index in [1.807, 2.05) is 70.1 Å². The average Bonchev–Trinajstić information content (AvgIpc) is 3.61. The quantitative estimate of drug-likeness (QED) is 0.326. The monoisotopic (exact) mass is 552 g/mol. The molecule has 3 aromatic rings. The molecule has 1 unspecified atom stereocenters. The summed E-state index contributed by atoms with van der Waals surface area (Å²) in [5, 5.41) is 6.28. The Labute approximate surface area is 237 Å². The second-order valence-electron chi connectivity index (χ2n) is 10.8. The van der Waals surface area contributed by atoms with Gasteiger partial charge < -0.3 is 20.5 Å². The van der Waals surface area contributed by atoms with Gasteiger partial charge >= 0.3 is 0 Å². The fourth-order valence-electron chi connectivity index (χ4n) is 5.78. The van der Waals surface area contributed by atoms with Crippen LogP contribution in [0.4, 0.5) is 0 Å². The minimum absolute atomic E-state index is 0.176. The van der Waals surface area contributed by atoms with Gasteiger partial charge in [0.25, 0.3) is 0 Å². The van der Waals surface area contributed by atoms with Crippen molar-refractivity contribution in [3.8, 4) is 0 Å². The molecule has 2 aliphatic heterocycles. The van der Waals surface area contributed by atoms with Gasteiger partial charge in [0.2, 0.25) is 23.4 Å². The Balaban J connectivity index is 1.26. The number of hydrogen-bond acceptors (Lipinski definition) is 7. The Morgan fingerprint density at radius 1 is 0.927 bits per heavy atom. The third-order valence-corrected chi connectivity index (χ3v) is 8.00. The summed E-state index contributed by atoms with van der Waals surface area (Å²) < 4.78 is 1.81. The predicted molar refractivity (Wildman–Crippen MR) is 151 cm³/mol. The Morgan fingerprint density at radius 2 is 1.54 bits per heavy atom. The molecule has 3 atom stereocenters. The van der Waals surface area contributed by atoms with Crippen LogP contribution < -0.4 is 16.4 Å². The molecule has 1 fully saturated rings. The number of aromatic nitrogens is 2. The van der Waals surface area contributed by atoms with E-state index in [-0.39, 0.29) is 35.6 Å². The van der Waals surface area contributed by atoms with Gasteiger partial charge in [0, 0.05) is 31.6 Å². The smallest absolute Gasteiger partial charge is 0.240 e. The number of fused-ring (bicyclic) bond motifs is 3. The molecule has 210 valence electrons. The number of carbonyl (C=O) groups is 4. The van der Waals surface area contributed by atoms with Crippen LogP contribution in [0.2, 0.25) is 0 Å². The highest BCUT2D eigenvalue weighted by Gasteiger charge is 2.43. The van der Waals surface area contributed by atoms with E-state index in [2.05, 4.69) is 15.6 Å². The molecule has 6 rings (SSSR count). The van der Waals surface area contributed by atoms with Crippen molar-refractivity contribution in [2.75, 3.05) is 13.1 Å². The molecular formula is C31H32N6O4. The van der Waals surface area contributed by atoms with E-state index in [1.165, 1.54) is 0 Å². The van der Waals surface area contributed by atoms with Crippen molar-refractivity contribution >= 4 is 23.4 Å². The Morgan fingerprint density at radius 3 is 2.12 bits per heavy atom. The fourth-order valence-corrected chi connectivity index (χ4v) is 5.78. The number of rotatable bonds is 10. The highest BCUT2D eigenvalue weighted by Crippen LogP contribution is 2.36. The number of Topliss-reactive ketones (excluding diaryl/α,β-unsaturated/α-hetero) is 2. The molecule has 10 nitrogen and oxygen atoms in total. The van der Waals surface area contributed by atoms with E-state index in [0.717, 1.165) is 24.2 Å². The van der Waals surface area contributed by atoms with Crippen LogP contribution in [0.25, 0.3) is 0 Å². The third-order valence-electron chi connectivity index (χ3n) is 8.00. The van der Waals surface area contributed by atoms with Crippen LogP contribution in [0.3, 0.4) is 0 Å². The summed E-state index contributed by atoms with van der Waals surface area (Å²) in [6, 6.07) is 17.0. The van der Waals surface area contributed by atoms with Crippen molar-refractivity contribution in [1.29, 1.82) is 0 Å². The highest BCUT2D eigenvalue weighted by molar-refractivity contribution is 6.25. The molecule has 0 radical (unpaired) electrons. The minimum Gasteiger partial charge on any atom is -0.368 e. The van der Waals surface area contributed by atoms with Crippen molar-refractivity contribution in [1.82, 2.24) is 25.1 Å². The van der Waals surface area contributed by atoms with Crippen LogP contribution in [0.5, 0.6) is 0 Å². The first-order valence-corrected chi connectivity index (χ1v) is 13.9. The van der Waals surface area contributed by atoms with E-state index in [9.17, 15) is 19.2 Å². The van der Waals surface area contributed by atoms with E-state index in [4.69, 9.17) is 5.73 Å². The van der Waals surface area contributed by atoms with Crippen LogP contribution >= 0.6 is 0 Å². The molecule has 41 heavy (non-hydrogen) atoms. The summed E-state index contributed by atoms with van der Waals surface area (Å²) in [5.74, 6) is -0.814. The largest absolute Gasteiger partial charge is 0.368 e. The Bertz CT molecular complexity index is 1560. The lowest BCUT2D eigenvalue weighted by molar-refractivity contribution is -0.128. The van der Waals surface area contributed by atoms with Gasteiger partial charge in [0.1, 0.15) is 23.3 Å².